The van der Waals surface area contributed by atoms with Gasteiger partial charge in [-0.25, -0.2) is 4.79 Å². The van der Waals surface area contributed by atoms with Crippen molar-refractivity contribution in [3.05, 3.63) is 39.9 Å². The SMILES string of the molecule is O=C(Cc1ccccc1[N+](=O)[O-])NC1(C(=O)O)CCOC1. The fourth-order valence-corrected chi connectivity index (χ4v) is 2.21. The van der Waals surface area contributed by atoms with Crippen LogP contribution in [0.15, 0.2) is 24.3 Å². The Morgan fingerprint density at radius 1 is 1.43 bits per heavy atom. The molecule has 1 aliphatic heterocycles. The van der Waals surface area contributed by atoms with Crippen LogP contribution in [0.25, 0.3) is 0 Å². The molecule has 1 unspecified atom stereocenters. The smallest absolute Gasteiger partial charge is 0.331 e. The van der Waals surface area contributed by atoms with Gasteiger partial charge >= 0.3 is 5.97 Å². The lowest BCUT2D eigenvalue weighted by atomic mass is 9.98. The Hall–Kier alpha value is -2.48. The number of carbonyl (C=O) groups is 2. The molecular weight excluding hydrogens is 280 g/mol. The second-order valence-corrected chi connectivity index (χ2v) is 4.80. The first-order chi connectivity index (χ1) is 9.94. The molecule has 0 aliphatic carbocycles. The second-order valence-electron chi connectivity index (χ2n) is 4.80. The number of hydrogen-bond acceptors (Lipinski definition) is 5. The number of nitro benzene ring substituents is 1. The number of ether oxygens (including phenoxy) is 1. The molecule has 0 bridgehead atoms. The van der Waals surface area contributed by atoms with E-state index >= 15 is 0 Å². The van der Waals surface area contributed by atoms with Crippen molar-refractivity contribution in [2.24, 2.45) is 0 Å². The predicted octanol–water partition coefficient (Wildman–Crippen LogP) is 0.497. The quantitative estimate of drug-likeness (QED) is 0.603. The molecular formula is C13H14N2O6. The molecule has 2 rings (SSSR count). The van der Waals surface area contributed by atoms with Gasteiger partial charge in [-0.05, 0) is 0 Å². The Balaban J connectivity index is 2.12. The van der Waals surface area contributed by atoms with E-state index in [1.165, 1.54) is 18.2 Å². The fraction of sp³-hybridized carbons (Fsp3) is 0.385. The van der Waals surface area contributed by atoms with Crippen molar-refractivity contribution in [2.75, 3.05) is 13.2 Å². The Morgan fingerprint density at radius 3 is 2.71 bits per heavy atom. The van der Waals surface area contributed by atoms with Crippen LogP contribution in [0.3, 0.4) is 0 Å². The Bertz CT molecular complexity index is 580. The van der Waals surface area contributed by atoms with Crippen LogP contribution < -0.4 is 5.32 Å². The molecule has 1 aromatic rings. The zero-order valence-corrected chi connectivity index (χ0v) is 11.1. The number of aliphatic carboxylic acids is 1. The molecule has 1 atom stereocenters. The van der Waals surface area contributed by atoms with Crippen LogP contribution in [0.1, 0.15) is 12.0 Å². The van der Waals surface area contributed by atoms with E-state index in [0.29, 0.717) is 0 Å². The van der Waals surface area contributed by atoms with Gasteiger partial charge in [-0.15, -0.1) is 0 Å². The van der Waals surface area contributed by atoms with Gasteiger partial charge in [0.15, 0.2) is 5.54 Å². The largest absolute Gasteiger partial charge is 0.479 e. The summed E-state index contributed by atoms with van der Waals surface area (Å²) in [5, 5.41) is 22.5. The summed E-state index contributed by atoms with van der Waals surface area (Å²) in [5.74, 6) is -1.76. The predicted molar refractivity (Wildman–Crippen MR) is 70.7 cm³/mol. The number of benzene rings is 1. The van der Waals surface area contributed by atoms with Crippen molar-refractivity contribution >= 4 is 17.6 Å². The number of hydrogen-bond donors (Lipinski definition) is 2. The summed E-state index contributed by atoms with van der Waals surface area (Å²) in [6.45, 7) is 0.142. The van der Waals surface area contributed by atoms with Crippen molar-refractivity contribution in [1.29, 1.82) is 0 Å². The molecule has 1 fully saturated rings. The third-order valence-corrected chi connectivity index (χ3v) is 3.35. The van der Waals surface area contributed by atoms with Crippen LogP contribution in [-0.4, -0.2) is 40.7 Å². The third-order valence-electron chi connectivity index (χ3n) is 3.35. The Labute approximate surface area is 119 Å². The summed E-state index contributed by atoms with van der Waals surface area (Å²) in [6, 6.07) is 5.86. The molecule has 112 valence electrons. The van der Waals surface area contributed by atoms with Crippen molar-refractivity contribution in [1.82, 2.24) is 5.32 Å². The van der Waals surface area contributed by atoms with E-state index in [2.05, 4.69) is 5.32 Å². The van der Waals surface area contributed by atoms with Crippen LogP contribution >= 0.6 is 0 Å². The minimum absolute atomic E-state index is 0.106. The van der Waals surface area contributed by atoms with E-state index in [-0.39, 0.29) is 37.3 Å². The highest BCUT2D eigenvalue weighted by molar-refractivity contribution is 5.88. The fourth-order valence-electron chi connectivity index (χ4n) is 2.21. The maximum absolute atomic E-state index is 12.0. The van der Waals surface area contributed by atoms with Crippen LogP contribution in [0.4, 0.5) is 5.69 Å². The van der Waals surface area contributed by atoms with E-state index in [1.807, 2.05) is 0 Å². The van der Waals surface area contributed by atoms with Gasteiger partial charge in [-0.3, -0.25) is 14.9 Å². The summed E-state index contributed by atoms with van der Waals surface area (Å²) in [4.78, 5) is 33.6. The molecule has 1 saturated heterocycles. The van der Waals surface area contributed by atoms with Crippen LogP contribution in [0.2, 0.25) is 0 Å². The van der Waals surface area contributed by atoms with E-state index in [1.54, 1.807) is 6.07 Å². The topological polar surface area (TPSA) is 119 Å². The summed E-state index contributed by atoms with van der Waals surface area (Å²) >= 11 is 0. The van der Waals surface area contributed by atoms with Gasteiger partial charge in [0.1, 0.15) is 0 Å². The minimum Gasteiger partial charge on any atom is -0.479 e. The van der Waals surface area contributed by atoms with Crippen LogP contribution in [0.5, 0.6) is 0 Å². The average molecular weight is 294 g/mol. The number of carboxylic acid groups (broad SMARTS) is 1. The van der Waals surface area contributed by atoms with E-state index in [0.717, 1.165) is 0 Å². The first-order valence-electron chi connectivity index (χ1n) is 6.29. The molecule has 2 N–H and O–H groups in total. The van der Waals surface area contributed by atoms with Crippen molar-refractivity contribution in [3.63, 3.8) is 0 Å². The van der Waals surface area contributed by atoms with Gasteiger partial charge in [0.05, 0.1) is 18.0 Å². The lowest BCUT2D eigenvalue weighted by Crippen LogP contribution is -2.55. The summed E-state index contributed by atoms with van der Waals surface area (Å²) in [5.41, 5.74) is -1.38. The molecule has 1 aliphatic rings. The van der Waals surface area contributed by atoms with Gasteiger partial charge < -0.3 is 15.2 Å². The molecule has 0 saturated carbocycles. The van der Waals surface area contributed by atoms with Crippen molar-refractivity contribution in [2.45, 2.75) is 18.4 Å². The molecule has 1 amide bonds. The zero-order valence-electron chi connectivity index (χ0n) is 11.1. The van der Waals surface area contributed by atoms with Gasteiger partial charge in [0.25, 0.3) is 5.69 Å². The number of nitro groups is 1. The van der Waals surface area contributed by atoms with Crippen molar-refractivity contribution < 1.29 is 24.4 Å². The minimum atomic E-state index is -1.44. The number of carbonyl (C=O) groups excluding carboxylic acids is 1. The van der Waals surface area contributed by atoms with Gasteiger partial charge in [-0.2, -0.15) is 0 Å². The molecule has 0 aromatic heterocycles. The number of carboxylic acids is 1. The molecule has 0 radical (unpaired) electrons. The summed E-state index contributed by atoms with van der Waals surface area (Å²) < 4.78 is 5.03. The van der Waals surface area contributed by atoms with E-state index < -0.39 is 22.3 Å². The molecule has 1 aromatic carbocycles. The highest BCUT2D eigenvalue weighted by Crippen LogP contribution is 2.21. The lowest BCUT2D eigenvalue weighted by molar-refractivity contribution is -0.385. The van der Waals surface area contributed by atoms with Gasteiger partial charge in [0.2, 0.25) is 5.91 Å². The Morgan fingerprint density at radius 2 is 2.14 bits per heavy atom. The van der Waals surface area contributed by atoms with E-state index in [4.69, 9.17) is 4.74 Å². The first kappa shape index (κ1) is 14.9. The molecule has 0 spiro atoms. The van der Waals surface area contributed by atoms with Gasteiger partial charge in [-0.1, -0.05) is 18.2 Å². The number of nitrogens with zero attached hydrogens (tertiary/aromatic N) is 1. The third kappa shape index (κ3) is 3.16. The number of rotatable bonds is 5. The van der Waals surface area contributed by atoms with E-state index in [9.17, 15) is 24.8 Å². The lowest BCUT2D eigenvalue weighted by Gasteiger charge is -2.23. The van der Waals surface area contributed by atoms with Crippen LogP contribution in [-0.2, 0) is 20.7 Å². The number of nitrogens with one attached hydrogen (secondary N) is 1. The molecule has 1 heterocycles. The number of amides is 1. The normalized spacial score (nSPS) is 21.0. The molecule has 8 heteroatoms. The second kappa shape index (κ2) is 5.88. The maximum atomic E-state index is 12.0. The average Bonchev–Trinajstić information content (AvgIpc) is 2.88. The standard InChI is InChI=1S/C13H14N2O6/c16-11(14-13(12(17)18)5-6-21-8-13)7-9-3-1-2-4-10(9)15(19)20/h1-4H,5-8H2,(H,14,16)(H,17,18). The first-order valence-corrected chi connectivity index (χ1v) is 6.29. The maximum Gasteiger partial charge on any atom is 0.331 e. The Kier molecular flexibility index (Phi) is 4.18. The zero-order chi connectivity index (χ0) is 15.5. The monoisotopic (exact) mass is 294 g/mol. The highest BCUT2D eigenvalue weighted by Gasteiger charge is 2.43. The highest BCUT2D eigenvalue weighted by atomic mass is 16.6. The summed E-state index contributed by atoms with van der Waals surface area (Å²) in [7, 11) is 0. The molecule has 8 nitrogen and oxygen atoms in total. The van der Waals surface area contributed by atoms with Crippen molar-refractivity contribution in [3.8, 4) is 0 Å². The summed E-state index contributed by atoms with van der Waals surface area (Å²) in [6.07, 6.45) is -0.0862. The van der Waals surface area contributed by atoms with Crippen LogP contribution in [0, 0.1) is 10.1 Å². The number of para-hydroxylation sites is 1. The van der Waals surface area contributed by atoms with Gasteiger partial charge in [0, 0.05) is 24.7 Å². The molecule has 21 heavy (non-hydrogen) atoms.